The fourth-order valence-electron chi connectivity index (χ4n) is 1.88. The predicted octanol–water partition coefficient (Wildman–Crippen LogP) is 2.86. The third kappa shape index (κ3) is 5.63. The predicted molar refractivity (Wildman–Crippen MR) is 94.3 cm³/mol. The fourth-order valence-corrected chi connectivity index (χ4v) is 2.06. The van der Waals surface area contributed by atoms with Crippen molar-refractivity contribution < 1.29 is 23.5 Å². The zero-order valence-corrected chi connectivity index (χ0v) is 14.9. The van der Waals surface area contributed by atoms with Gasteiger partial charge in [0.15, 0.2) is 12.2 Å². The summed E-state index contributed by atoms with van der Waals surface area (Å²) in [6, 6.07) is 12.0. The first-order valence-corrected chi connectivity index (χ1v) is 8.17. The summed E-state index contributed by atoms with van der Waals surface area (Å²) in [5, 5.41) is 0.373. The van der Waals surface area contributed by atoms with Crippen molar-refractivity contribution in [2.24, 2.45) is 0 Å². The van der Waals surface area contributed by atoms with Crippen LogP contribution in [0.25, 0.3) is 0 Å². The minimum absolute atomic E-state index is 0.329. The number of hydrazine groups is 1. The molecule has 2 amide bonds. The van der Waals surface area contributed by atoms with Crippen LogP contribution in [0.2, 0.25) is 5.02 Å². The summed E-state index contributed by atoms with van der Waals surface area (Å²) in [6.45, 7) is 3.01. The van der Waals surface area contributed by atoms with Gasteiger partial charge in [-0.15, -0.1) is 0 Å². The van der Waals surface area contributed by atoms with Crippen molar-refractivity contribution in [3.05, 3.63) is 59.4 Å². The highest BCUT2D eigenvalue weighted by Gasteiger charge is 2.19. The second kappa shape index (κ2) is 9.05. The summed E-state index contributed by atoms with van der Waals surface area (Å²) >= 11 is 5.96. The van der Waals surface area contributed by atoms with E-state index in [2.05, 4.69) is 10.9 Å². The molecule has 0 aliphatic heterocycles. The highest BCUT2D eigenvalue weighted by molar-refractivity contribution is 6.32. The number of para-hydroxylation sites is 1. The lowest BCUT2D eigenvalue weighted by Crippen LogP contribution is -2.50. The maximum absolute atomic E-state index is 12.8. The normalized spacial score (nSPS) is 12.6. The van der Waals surface area contributed by atoms with E-state index < -0.39 is 29.8 Å². The van der Waals surface area contributed by atoms with Crippen molar-refractivity contribution in [2.75, 3.05) is 0 Å². The largest absolute Gasteiger partial charge is 0.481 e. The van der Waals surface area contributed by atoms with Crippen molar-refractivity contribution in [3.63, 3.8) is 0 Å². The molecule has 0 heterocycles. The number of ether oxygens (including phenoxy) is 2. The lowest BCUT2D eigenvalue weighted by atomic mass is 10.3. The maximum Gasteiger partial charge on any atom is 0.279 e. The van der Waals surface area contributed by atoms with E-state index in [4.69, 9.17) is 21.1 Å². The summed E-state index contributed by atoms with van der Waals surface area (Å²) in [4.78, 5) is 24.0. The minimum Gasteiger partial charge on any atom is -0.481 e. The van der Waals surface area contributed by atoms with Crippen molar-refractivity contribution >= 4 is 23.4 Å². The van der Waals surface area contributed by atoms with Crippen LogP contribution in [0.1, 0.15) is 13.8 Å². The molecule has 2 aromatic rings. The average Bonchev–Trinajstić information content (AvgIpc) is 2.63. The van der Waals surface area contributed by atoms with Crippen molar-refractivity contribution in [1.29, 1.82) is 0 Å². The number of carbonyl (C=O) groups is 2. The lowest BCUT2D eigenvalue weighted by Gasteiger charge is -2.18. The van der Waals surface area contributed by atoms with Gasteiger partial charge in [0.05, 0.1) is 5.02 Å². The quantitative estimate of drug-likeness (QED) is 0.755. The molecular formula is C18H18ClFN2O4. The van der Waals surface area contributed by atoms with Crippen molar-refractivity contribution in [1.82, 2.24) is 10.9 Å². The molecule has 0 aliphatic carbocycles. The number of amides is 2. The van der Waals surface area contributed by atoms with Gasteiger partial charge in [0.2, 0.25) is 0 Å². The van der Waals surface area contributed by atoms with Gasteiger partial charge in [0, 0.05) is 0 Å². The molecule has 2 atom stereocenters. The molecule has 26 heavy (non-hydrogen) atoms. The zero-order chi connectivity index (χ0) is 19.1. The SMILES string of the molecule is C[C@H](Oc1ccc(F)cc1)C(=O)NNC(=O)[C@@H](C)Oc1ccccc1Cl. The Labute approximate surface area is 155 Å². The Morgan fingerprint density at radius 2 is 1.46 bits per heavy atom. The van der Waals surface area contributed by atoms with Gasteiger partial charge in [0.25, 0.3) is 11.8 Å². The standard InChI is InChI=1S/C18H18ClFN2O4/c1-11(25-14-9-7-13(20)8-10-14)17(23)21-22-18(24)12(2)26-16-6-4-3-5-15(16)19/h3-12H,1-2H3,(H,21,23)(H,22,24)/t11-,12+/m0/s1. The van der Waals surface area contributed by atoms with Crippen molar-refractivity contribution in [2.45, 2.75) is 26.1 Å². The average molecular weight is 381 g/mol. The van der Waals surface area contributed by atoms with Gasteiger partial charge in [-0.25, -0.2) is 4.39 Å². The smallest absolute Gasteiger partial charge is 0.279 e. The molecule has 0 fully saturated rings. The van der Waals surface area contributed by atoms with Crippen LogP contribution in [0.15, 0.2) is 48.5 Å². The molecule has 0 bridgehead atoms. The van der Waals surface area contributed by atoms with Gasteiger partial charge in [-0.1, -0.05) is 23.7 Å². The monoisotopic (exact) mass is 380 g/mol. The molecular weight excluding hydrogens is 363 g/mol. The van der Waals surface area contributed by atoms with E-state index in [-0.39, 0.29) is 0 Å². The third-order valence-electron chi connectivity index (χ3n) is 3.31. The number of benzene rings is 2. The molecule has 2 N–H and O–H groups in total. The molecule has 0 saturated heterocycles. The summed E-state index contributed by atoms with van der Waals surface area (Å²) in [7, 11) is 0. The van der Waals surface area contributed by atoms with E-state index in [1.165, 1.54) is 38.1 Å². The molecule has 0 spiro atoms. The van der Waals surface area contributed by atoms with Gasteiger partial charge >= 0.3 is 0 Å². The molecule has 6 nitrogen and oxygen atoms in total. The number of hydrogen-bond acceptors (Lipinski definition) is 4. The molecule has 0 unspecified atom stereocenters. The summed E-state index contributed by atoms with van der Waals surface area (Å²) in [5.41, 5.74) is 4.50. The number of rotatable bonds is 6. The third-order valence-corrected chi connectivity index (χ3v) is 3.63. The Bertz CT molecular complexity index is 770. The van der Waals surface area contributed by atoms with Gasteiger partial charge < -0.3 is 9.47 Å². The van der Waals surface area contributed by atoms with Gasteiger partial charge in [-0.3, -0.25) is 20.4 Å². The highest BCUT2D eigenvalue weighted by Crippen LogP contribution is 2.24. The first-order valence-electron chi connectivity index (χ1n) is 7.80. The molecule has 0 aromatic heterocycles. The molecule has 8 heteroatoms. The molecule has 0 radical (unpaired) electrons. The molecule has 2 aromatic carbocycles. The molecule has 138 valence electrons. The highest BCUT2D eigenvalue weighted by atomic mass is 35.5. The zero-order valence-electron chi connectivity index (χ0n) is 14.2. The van der Waals surface area contributed by atoms with E-state index in [1.54, 1.807) is 24.3 Å². The number of carbonyl (C=O) groups excluding carboxylic acids is 2. The maximum atomic E-state index is 12.8. The van der Waals surface area contributed by atoms with Gasteiger partial charge in [-0.05, 0) is 50.2 Å². The second-order valence-electron chi connectivity index (χ2n) is 5.38. The van der Waals surface area contributed by atoms with Crippen LogP contribution in [0.5, 0.6) is 11.5 Å². The Balaban J connectivity index is 1.81. The van der Waals surface area contributed by atoms with Gasteiger partial charge in [-0.2, -0.15) is 0 Å². The fraction of sp³-hybridized carbons (Fsp3) is 0.222. The van der Waals surface area contributed by atoms with E-state index in [1.807, 2.05) is 0 Å². The Morgan fingerprint density at radius 3 is 2.04 bits per heavy atom. The van der Waals surface area contributed by atoms with Crippen LogP contribution in [-0.2, 0) is 9.59 Å². The topological polar surface area (TPSA) is 76.7 Å². The van der Waals surface area contributed by atoms with Crippen LogP contribution in [0.3, 0.4) is 0 Å². The van der Waals surface area contributed by atoms with Crippen molar-refractivity contribution in [3.8, 4) is 11.5 Å². The molecule has 0 saturated carbocycles. The summed E-state index contributed by atoms with van der Waals surface area (Å²) < 4.78 is 23.6. The number of nitrogens with one attached hydrogen (secondary N) is 2. The summed E-state index contributed by atoms with van der Waals surface area (Å²) in [6.07, 6.45) is -1.79. The van der Waals surface area contributed by atoms with Gasteiger partial charge in [0.1, 0.15) is 17.3 Å². The number of hydrogen-bond donors (Lipinski definition) is 2. The number of halogens is 2. The first-order chi connectivity index (χ1) is 12.4. The Morgan fingerprint density at radius 1 is 0.923 bits per heavy atom. The molecule has 2 rings (SSSR count). The first kappa shape index (κ1) is 19.5. The van der Waals surface area contributed by atoms with E-state index in [9.17, 15) is 14.0 Å². The minimum atomic E-state index is -0.902. The van der Waals surface area contributed by atoms with Crippen LogP contribution in [-0.4, -0.2) is 24.0 Å². The second-order valence-corrected chi connectivity index (χ2v) is 5.79. The Hall–Kier alpha value is -2.80. The van der Waals surface area contributed by atoms with Crippen LogP contribution in [0, 0.1) is 5.82 Å². The van der Waals surface area contributed by atoms with E-state index in [0.29, 0.717) is 16.5 Å². The van der Waals surface area contributed by atoms with Crippen LogP contribution in [0.4, 0.5) is 4.39 Å². The summed E-state index contributed by atoms with van der Waals surface area (Å²) in [5.74, 6) is -0.860. The Kier molecular flexibility index (Phi) is 6.80. The molecule has 0 aliphatic rings. The lowest BCUT2D eigenvalue weighted by molar-refractivity contribution is -0.135. The van der Waals surface area contributed by atoms with Crippen LogP contribution < -0.4 is 20.3 Å². The van der Waals surface area contributed by atoms with E-state index >= 15 is 0 Å². The van der Waals surface area contributed by atoms with E-state index in [0.717, 1.165) is 0 Å². The van der Waals surface area contributed by atoms with Crippen LogP contribution >= 0.6 is 11.6 Å².